The molecule has 26 heavy (non-hydrogen) atoms. The van der Waals surface area contributed by atoms with Crippen molar-refractivity contribution in [1.29, 1.82) is 0 Å². The molecule has 0 spiro atoms. The molecule has 4 nitrogen and oxygen atoms in total. The van der Waals surface area contributed by atoms with Gasteiger partial charge in [0.2, 0.25) is 0 Å². The summed E-state index contributed by atoms with van der Waals surface area (Å²) in [4.78, 5) is 0. The van der Waals surface area contributed by atoms with E-state index in [1.807, 2.05) is 0 Å². The Balaban J connectivity index is 1.85. The maximum Gasteiger partial charge on any atom is 0.282 e. The van der Waals surface area contributed by atoms with Crippen molar-refractivity contribution in [2.24, 2.45) is 0 Å². The van der Waals surface area contributed by atoms with E-state index in [0.717, 1.165) is 17.1 Å². The average molecular weight is 401 g/mol. The summed E-state index contributed by atoms with van der Waals surface area (Å²) in [6.45, 7) is -0.261. The van der Waals surface area contributed by atoms with E-state index in [9.17, 15) is 17.2 Å². The summed E-state index contributed by atoms with van der Waals surface area (Å²) >= 11 is 6.00. The lowest BCUT2D eigenvalue weighted by atomic mass is 10.2. The Morgan fingerprint density at radius 3 is 2.31 bits per heavy atom. The second-order valence-corrected chi connectivity index (χ2v) is 8.73. The molecule has 2 aromatic carbocycles. The molecule has 0 atom stereocenters. The molecule has 1 fully saturated rings. The molecule has 8 heteroatoms. The second-order valence-electron chi connectivity index (χ2n) is 6.33. The van der Waals surface area contributed by atoms with Gasteiger partial charge in [0.05, 0.1) is 0 Å². The first-order valence-electron chi connectivity index (χ1n) is 8.20. The first-order chi connectivity index (χ1) is 12.3. The van der Waals surface area contributed by atoms with E-state index in [-0.39, 0.29) is 29.7 Å². The van der Waals surface area contributed by atoms with Gasteiger partial charge in [-0.25, -0.2) is 8.78 Å². The van der Waals surface area contributed by atoms with E-state index >= 15 is 0 Å². The minimum Gasteiger partial charge on any atom is -0.207 e. The molecule has 3 rings (SSSR count). The lowest BCUT2D eigenvalue weighted by Crippen LogP contribution is -2.42. The van der Waals surface area contributed by atoms with Gasteiger partial charge in [-0.3, -0.25) is 0 Å². The van der Waals surface area contributed by atoms with E-state index in [0.29, 0.717) is 5.56 Å². The van der Waals surface area contributed by atoms with Crippen LogP contribution in [-0.2, 0) is 23.3 Å². The van der Waals surface area contributed by atoms with Crippen LogP contribution in [0.3, 0.4) is 0 Å². The monoisotopic (exact) mass is 400 g/mol. The Hall–Kier alpha value is -1.54. The maximum atomic E-state index is 14.0. The highest BCUT2D eigenvalue weighted by Crippen LogP contribution is 2.33. The predicted molar refractivity (Wildman–Crippen MR) is 96.8 cm³/mol. The third kappa shape index (κ3) is 4.06. The molecular formula is C18H19ClF2N2O2S. The molecule has 0 radical (unpaired) electrons. The number of hydrogen-bond donors (Lipinski definition) is 0. The van der Waals surface area contributed by atoms with Gasteiger partial charge in [0.25, 0.3) is 10.2 Å². The lowest BCUT2D eigenvalue weighted by Gasteiger charge is -2.28. The standard InChI is InChI=1S/C18H19ClF2N2O2S/c1-22(12-15-16(19)6-4-8-18(15)21)26(24,25)23(14-9-10-14)11-13-5-2-3-7-17(13)20/h2-8,14H,9-12H2,1H3. The van der Waals surface area contributed by atoms with Crippen molar-refractivity contribution in [2.45, 2.75) is 32.0 Å². The fourth-order valence-corrected chi connectivity index (χ4v) is 4.49. The van der Waals surface area contributed by atoms with Gasteiger partial charge in [-0.2, -0.15) is 17.0 Å². The zero-order chi connectivity index (χ0) is 18.9. The molecule has 2 aromatic rings. The molecule has 1 saturated carbocycles. The molecule has 0 bridgehead atoms. The average Bonchev–Trinajstić information content (AvgIpc) is 3.42. The van der Waals surface area contributed by atoms with Gasteiger partial charge in [0, 0.05) is 42.3 Å². The largest absolute Gasteiger partial charge is 0.282 e. The highest BCUT2D eigenvalue weighted by molar-refractivity contribution is 7.86. The van der Waals surface area contributed by atoms with Crippen LogP contribution < -0.4 is 0 Å². The van der Waals surface area contributed by atoms with Gasteiger partial charge in [-0.05, 0) is 31.0 Å². The Bertz CT molecular complexity index is 884. The number of benzene rings is 2. The quantitative estimate of drug-likeness (QED) is 0.705. The predicted octanol–water partition coefficient (Wildman–Crippen LogP) is 3.96. The third-order valence-corrected chi connectivity index (χ3v) is 6.66. The SMILES string of the molecule is CN(Cc1c(F)cccc1Cl)S(=O)(=O)N(Cc1ccccc1F)C1CC1. The van der Waals surface area contributed by atoms with Crippen LogP contribution in [-0.4, -0.2) is 30.1 Å². The van der Waals surface area contributed by atoms with Crippen LogP contribution in [0.2, 0.25) is 5.02 Å². The fourth-order valence-electron chi connectivity index (χ4n) is 2.72. The first kappa shape index (κ1) is 19.2. The molecule has 0 saturated heterocycles. The molecular weight excluding hydrogens is 382 g/mol. The second kappa shape index (κ2) is 7.60. The Morgan fingerprint density at radius 1 is 1.04 bits per heavy atom. The van der Waals surface area contributed by atoms with Crippen molar-refractivity contribution < 1.29 is 17.2 Å². The smallest absolute Gasteiger partial charge is 0.207 e. The Labute approximate surface area is 157 Å². The molecule has 0 N–H and O–H groups in total. The van der Waals surface area contributed by atoms with Gasteiger partial charge >= 0.3 is 0 Å². The van der Waals surface area contributed by atoms with Gasteiger partial charge in [-0.15, -0.1) is 0 Å². The van der Waals surface area contributed by atoms with Gasteiger partial charge in [0.1, 0.15) is 11.6 Å². The zero-order valence-electron chi connectivity index (χ0n) is 14.2. The molecule has 1 aliphatic rings. The summed E-state index contributed by atoms with van der Waals surface area (Å²) in [6.07, 6.45) is 1.45. The summed E-state index contributed by atoms with van der Waals surface area (Å²) in [6, 6.07) is 10.1. The summed E-state index contributed by atoms with van der Waals surface area (Å²) in [7, 11) is -2.54. The highest BCUT2D eigenvalue weighted by atomic mass is 35.5. The third-order valence-electron chi connectivity index (χ3n) is 4.37. The van der Waals surface area contributed by atoms with Crippen LogP contribution in [0.25, 0.3) is 0 Å². The van der Waals surface area contributed by atoms with Crippen molar-refractivity contribution in [3.8, 4) is 0 Å². The lowest BCUT2D eigenvalue weighted by molar-refractivity contribution is 0.340. The normalized spacial score (nSPS) is 15.0. The van der Waals surface area contributed by atoms with Crippen LogP contribution >= 0.6 is 11.6 Å². The van der Waals surface area contributed by atoms with E-state index in [4.69, 9.17) is 11.6 Å². The molecule has 0 aliphatic heterocycles. The van der Waals surface area contributed by atoms with E-state index < -0.39 is 21.8 Å². The van der Waals surface area contributed by atoms with Gasteiger partial charge in [0.15, 0.2) is 0 Å². The number of nitrogens with zero attached hydrogens (tertiary/aromatic N) is 2. The van der Waals surface area contributed by atoms with E-state index in [1.54, 1.807) is 18.2 Å². The number of rotatable bonds is 7. The van der Waals surface area contributed by atoms with Crippen LogP contribution in [0.15, 0.2) is 42.5 Å². The molecule has 0 amide bonds. The summed E-state index contributed by atoms with van der Waals surface area (Å²) in [5.41, 5.74) is 0.419. The number of halogens is 3. The minimum atomic E-state index is -3.91. The van der Waals surface area contributed by atoms with Crippen LogP contribution in [0.4, 0.5) is 8.78 Å². The Morgan fingerprint density at radius 2 is 1.69 bits per heavy atom. The Kier molecular flexibility index (Phi) is 5.62. The minimum absolute atomic E-state index is 0.0605. The van der Waals surface area contributed by atoms with Crippen molar-refractivity contribution in [2.75, 3.05) is 7.05 Å². The molecule has 0 aromatic heterocycles. The van der Waals surface area contributed by atoms with Crippen molar-refractivity contribution in [3.63, 3.8) is 0 Å². The van der Waals surface area contributed by atoms with Crippen LogP contribution in [0.1, 0.15) is 24.0 Å². The maximum absolute atomic E-state index is 14.0. The zero-order valence-corrected chi connectivity index (χ0v) is 15.8. The van der Waals surface area contributed by atoms with E-state index in [2.05, 4.69) is 0 Å². The van der Waals surface area contributed by atoms with Crippen LogP contribution in [0, 0.1) is 11.6 Å². The topological polar surface area (TPSA) is 40.6 Å². The van der Waals surface area contributed by atoms with Crippen LogP contribution in [0.5, 0.6) is 0 Å². The first-order valence-corrected chi connectivity index (χ1v) is 9.97. The molecule has 140 valence electrons. The van der Waals surface area contributed by atoms with Gasteiger partial charge in [-0.1, -0.05) is 35.9 Å². The molecule has 0 heterocycles. The summed E-state index contributed by atoms with van der Waals surface area (Å²) in [5, 5.41) is 0.166. The molecule has 1 aliphatic carbocycles. The number of hydrogen-bond acceptors (Lipinski definition) is 2. The van der Waals surface area contributed by atoms with Crippen molar-refractivity contribution >= 4 is 21.8 Å². The highest BCUT2D eigenvalue weighted by Gasteiger charge is 2.39. The van der Waals surface area contributed by atoms with Crippen molar-refractivity contribution in [3.05, 3.63) is 70.2 Å². The fraction of sp³-hybridized carbons (Fsp3) is 0.333. The molecule has 0 unspecified atom stereocenters. The van der Waals surface area contributed by atoms with E-state index in [1.165, 1.54) is 35.6 Å². The van der Waals surface area contributed by atoms with Crippen molar-refractivity contribution in [1.82, 2.24) is 8.61 Å². The van der Waals surface area contributed by atoms with Gasteiger partial charge < -0.3 is 0 Å². The summed E-state index contributed by atoms with van der Waals surface area (Å²) in [5.74, 6) is -1.01. The summed E-state index contributed by atoms with van der Waals surface area (Å²) < 4.78 is 56.3.